The number of benzene rings is 1. The Balaban J connectivity index is 0.00000512. The molecule has 1 aliphatic heterocycles. The van der Waals surface area contributed by atoms with Crippen molar-refractivity contribution in [1.82, 2.24) is 10.6 Å². The zero-order chi connectivity index (χ0) is 22.5. The molecule has 1 aromatic carbocycles. The first kappa shape index (κ1) is 28.7. The van der Waals surface area contributed by atoms with Gasteiger partial charge in [0.15, 0.2) is 5.96 Å². The van der Waals surface area contributed by atoms with Crippen LogP contribution in [0.1, 0.15) is 25.3 Å². The molecule has 32 heavy (non-hydrogen) atoms. The van der Waals surface area contributed by atoms with E-state index in [0.29, 0.717) is 31.6 Å². The van der Waals surface area contributed by atoms with E-state index in [4.69, 9.17) is 14.2 Å². The number of aliphatic hydroxyl groups excluding tert-OH is 1. The Bertz CT molecular complexity index is 657. The summed E-state index contributed by atoms with van der Waals surface area (Å²) in [6, 6.07) is 4.34. The fourth-order valence-electron chi connectivity index (χ4n) is 2.87. The number of rotatable bonds is 12. The van der Waals surface area contributed by atoms with E-state index in [1.165, 1.54) is 12.1 Å². The number of aliphatic imine (C=N–C) groups is 1. The van der Waals surface area contributed by atoms with Gasteiger partial charge in [-0.3, -0.25) is 4.99 Å². The molecule has 0 amide bonds. The second-order valence-electron chi connectivity index (χ2n) is 7.29. The van der Waals surface area contributed by atoms with Crippen LogP contribution in [0.3, 0.4) is 0 Å². The van der Waals surface area contributed by atoms with Gasteiger partial charge in [-0.1, -0.05) is 0 Å². The van der Waals surface area contributed by atoms with Crippen LogP contribution in [0.4, 0.5) is 13.2 Å². The highest BCUT2D eigenvalue weighted by molar-refractivity contribution is 14.0. The second-order valence-corrected chi connectivity index (χ2v) is 7.29. The van der Waals surface area contributed by atoms with E-state index in [9.17, 15) is 18.3 Å². The Labute approximate surface area is 204 Å². The van der Waals surface area contributed by atoms with Crippen LogP contribution >= 0.6 is 24.0 Å². The highest BCUT2D eigenvalue weighted by atomic mass is 127. The first-order valence-corrected chi connectivity index (χ1v) is 10.5. The quantitative estimate of drug-likeness (QED) is 0.154. The monoisotopic (exact) mass is 575 g/mol. The normalized spacial score (nSPS) is 17.5. The number of guanidine groups is 1. The molecule has 1 heterocycles. The molecule has 1 fully saturated rings. The van der Waals surface area contributed by atoms with Gasteiger partial charge < -0.3 is 30.0 Å². The summed E-state index contributed by atoms with van der Waals surface area (Å²) in [6.45, 7) is 6.26. The van der Waals surface area contributed by atoms with Crippen molar-refractivity contribution in [3.8, 4) is 5.75 Å². The number of hydrogen-bond acceptors (Lipinski definition) is 5. The number of aliphatic hydroxyl groups is 1. The summed E-state index contributed by atoms with van der Waals surface area (Å²) in [5, 5.41) is 16.3. The summed E-state index contributed by atoms with van der Waals surface area (Å²) >= 11 is 0. The minimum absolute atomic E-state index is 0. The SMILES string of the molecule is CCNC(=NCC(O)COc1ccc(C(F)(F)F)cc1)NCCCOCC1CCOC1.I. The van der Waals surface area contributed by atoms with Gasteiger partial charge in [0.1, 0.15) is 18.5 Å². The topological polar surface area (TPSA) is 84.3 Å². The summed E-state index contributed by atoms with van der Waals surface area (Å²) in [7, 11) is 0. The largest absolute Gasteiger partial charge is 0.491 e. The van der Waals surface area contributed by atoms with E-state index in [0.717, 1.165) is 44.8 Å². The lowest BCUT2D eigenvalue weighted by molar-refractivity contribution is -0.137. The van der Waals surface area contributed by atoms with Crippen LogP contribution in [-0.4, -0.2) is 69.8 Å². The molecule has 11 heteroatoms. The summed E-state index contributed by atoms with van der Waals surface area (Å²) < 4.78 is 54.0. The van der Waals surface area contributed by atoms with E-state index in [2.05, 4.69) is 15.6 Å². The van der Waals surface area contributed by atoms with Gasteiger partial charge in [-0.25, -0.2) is 0 Å². The van der Waals surface area contributed by atoms with Crippen LogP contribution < -0.4 is 15.4 Å². The third-order valence-corrected chi connectivity index (χ3v) is 4.56. The van der Waals surface area contributed by atoms with E-state index < -0.39 is 17.8 Å². The highest BCUT2D eigenvalue weighted by Crippen LogP contribution is 2.30. The average Bonchev–Trinajstić information content (AvgIpc) is 3.26. The Morgan fingerprint density at radius 2 is 2.03 bits per heavy atom. The molecule has 3 N–H and O–H groups in total. The van der Waals surface area contributed by atoms with E-state index in [1.54, 1.807) is 0 Å². The van der Waals surface area contributed by atoms with Gasteiger partial charge in [-0.05, 0) is 44.0 Å². The predicted octanol–water partition coefficient (Wildman–Crippen LogP) is 3.06. The molecule has 2 rings (SSSR count). The molecular weight excluding hydrogens is 542 g/mol. The first-order chi connectivity index (χ1) is 14.9. The minimum Gasteiger partial charge on any atom is -0.491 e. The third-order valence-electron chi connectivity index (χ3n) is 4.56. The fraction of sp³-hybridized carbons (Fsp3) is 0.667. The summed E-state index contributed by atoms with van der Waals surface area (Å²) in [4.78, 5) is 4.31. The van der Waals surface area contributed by atoms with Crippen LogP contribution in [0.25, 0.3) is 0 Å². The lowest BCUT2D eigenvalue weighted by atomic mass is 10.1. The van der Waals surface area contributed by atoms with Crippen molar-refractivity contribution in [3.05, 3.63) is 29.8 Å². The summed E-state index contributed by atoms with van der Waals surface area (Å²) in [5.41, 5.74) is -0.746. The maximum atomic E-state index is 12.6. The number of nitrogens with zero attached hydrogens (tertiary/aromatic N) is 1. The van der Waals surface area contributed by atoms with Crippen LogP contribution in [-0.2, 0) is 15.7 Å². The van der Waals surface area contributed by atoms with Crippen LogP contribution in [0.15, 0.2) is 29.3 Å². The molecule has 184 valence electrons. The lowest BCUT2D eigenvalue weighted by Gasteiger charge is -2.14. The lowest BCUT2D eigenvalue weighted by Crippen LogP contribution is -2.39. The van der Waals surface area contributed by atoms with Gasteiger partial charge in [0.2, 0.25) is 0 Å². The number of hydrogen-bond donors (Lipinski definition) is 3. The maximum absolute atomic E-state index is 12.6. The molecule has 2 atom stereocenters. The molecule has 0 bridgehead atoms. The molecule has 0 aromatic heterocycles. The van der Waals surface area contributed by atoms with Crippen molar-refractivity contribution in [3.63, 3.8) is 0 Å². The summed E-state index contributed by atoms with van der Waals surface area (Å²) in [6.07, 6.45) is -3.41. The van der Waals surface area contributed by atoms with Crippen LogP contribution in [0, 0.1) is 5.92 Å². The van der Waals surface area contributed by atoms with E-state index >= 15 is 0 Å². The molecule has 0 saturated carbocycles. The van der Waals surface area contributed by atoms with Crippen LogP contribution in [0.2, 0.25) is 0 Å². The summed E-state index contributed by atoms with van der Waals surface area (Å²) in [5.74, 6) is 1.32. The Morgan fingerprint density at radius 3 is 2.66 bits per heavy atom. The standard InChI is InChI=1S/C21H32F3N3O4.HI/c1-2-25-20(26-9-3-10-29-13-16-8-11-30-14-16)27-12-18(28)15-31-19-6-4-17(5-7-19)21(22,23)24;/h4-7,16,18,28H,2-3,8-15H2,1H3,(H2,25,26,27);1H. The Hall–Kier alpha value is -1.31. The van der Waals surface area contributed by atoms with Crippen molar-refractivity contribution >= 4 is 29.9 Å². The van der Waals surface area contributed by atoms with Gasteiger partial charge in [0.25, 0.3) is 0 Å². The van der Waals surface area contributed by atoms with Crippen molar-refractivity contribution in [2.24, 2.45) is 10.9 Å². The number of ether oxygens (including phenoxy) is 3. The average molecular weight is 575 g/mol. The van der Waals surface area contributed by atoms with Crippen molar-refractivity contribution in [2.45, 2.75) is 32.0 Å². The molecule has 1 aromatic rings. The fourth-order valence-corrected chi connectivity index (χ4v) is 2.87. The molecular formula is C21H33F3IN3O4. The molecule has 1 aliphatic rings. The van der Waals surface area contributed by atoms with Gasteiger partial charge in [-0.2, -0.15) is 13.2 Å². The predicted molar refractivity (Wildman–Crippen MR) is 127 cm³/mol. The Kier molecular flexibility index (Phi) is 13.9. The number of halogens is 4. The third kappa shape index (κ3) is 11.5. The van der Waals surface area contributed by atoms with Crippen molar-refractivity contribution in [2.75, 3.05) is 52.7 Å². The molecule has 0 aliphatic carbocycles. The number of nitrogens with one attached hydrogen (secondary N) is 2. The van der Waals surface area contributed by atoms with Crippen molar-refractivity contribution in [1.29, 1.82) is 0 Å². The molecule has 2 unspecified atom stereocenters. The van der Waals surface area contributed by atoms with Crippen LogP contribution in [0.5, 0.6) is 5.75 Å². The maximum Gasteiger partial charge on any atom is 0.416 e. The molecule has 0 spiro atoms. The highest BCUT2D eigenvalue weighted by Gasteiger charge is 2.30. The van der Waals surface area contributed by atoms with E-state index in [1.807, 2.05) is 6.92 Å². The van der Waals surface area contributed by atoms with Gasteiger partial charge in [0.05, 0.1) is 25.3 Å². The zero-order valence-electron chi connectivity index (χ0n) is 18.2. The van der Waals surface area contributed by atoms with Crippen molar-refractivity contribution < 1.29 is 32.5 Å². The second kappa shape index (κ2) is 15.5. The van der Waals surface area contributed by atoms with E-state index in [-0.39, 0.29) is 42.9 Å². The zero-order valence-corrected chi connectivity index (χ0v) is 20.5. The molecule has 1 saturated heterocycles. The minimum atomic E-state index is -4.39. The first-order valence-electron chi connectivity index (χ1n) is 10.5. The smallest absolute Gasteiger partial charge is 0.416 e. The van der Waals surface area contributed by atoms with Gasteiger partial charge >= 0.3 is 6.18 Å². The number of alkyl halides is 3. The molecule has 7 nitrogen and oxygen atoms in total. The Morgan fingerprint density at radius 1 is 1.28 bits per heavy atom. The van der Waals surface area contributed by atoms with Gasteiger partial charge in [-0.15, -0.1) is 24.0 Å². The molecule has 0 radical (unpaired) electrons. The van der Waals surface area contributed by atoms with Gasteiger partial charge in [0, 0.05) is 32.2 Å².